The van der Waals surface area contributed by atoms with E-state index >= 15 is 0 Å². The maximum absolute atomic E-state index is 11.8. The largest absolute Gasteiger partial charge is 0.481 e. The van der Waals surface area contributed by atoms with Gasteiger partial charge in [0.1, 0.15) is 0 Å². The predicted molar refractivity (Wildman–Crippen MR) is 74.2 cm³/mol. The van der Waals surface area contributed by atoms with E-state index in [1.54, 1.807) is 13.8 Å². The number of rotatable bonds is 5. The van der Waals surface area contributed by atoms with Crippen LogP contribution >= 0.6 is 0 Å². The van der Waals surface area contributed by atoms with Crippen molar-refractivity contribution in [3.63, 3.8) is 0 Å². The highest BCUT2D eigenvalue weighted by atomic mass is 16.7. The fourth-order valence-electron chi connectivity index (χ4n) is 3.08. The zero-order chi connectivity index (χ0) is 16.4. The highest BCUT2D eigenvalue weighted by Gasteiger charge is 2.53. The van der Waals surface area contributed by atoms with Crippen LogP contribution in [0, 0.1) is 5.92 Å². The van der Waals surface area contributed by atoms with Crippen molar-refractivity contribution in [2.24, 2.45) is 5.92 Å². The lowest BCUT2D eigenvalue weighted by atomic mass is 9.72. The molecule has 2 unspecified atom stereocenters. The first-order chi connectivity index (χ1) is 9.52. The van der Waals surface area contributed by atoms with Crippen LogP contribution in [0.3, 0.4) is 0 Å². The van der Waals surface area contributed by atoms with E-state index in [9.17, 15) is 19.8 Å². The Morgan fingerprint density at radius 1 is 1.24 bits per heavy atom. The number of hydrogen-bond donors (Lipinski definition) is 3. The van der Waals surface area contributed by atoms with Crippen molar-refractivity contribution in [3.05, 3.63) is 0 Å². The molecule has 21 heavy (non-hydrogen) atoms. The summed E-state index contributed by atoms with van der Waals surface area (Å²) in [6.45, 7) is 6.99. The first-order valence-electron chi connectivity index (χ1n) is 7.04. The molecule has 3 N–H and O–H groups in total. The maximum atomic E-state index is 11.8. The van der Waals surface area contributed by atoms with Crippen molar-refractivity contribution in [2.75, 3.05) is 6.61 Å². The van der Waals surface area contributed by atoms with Gasteiger partial charge in [-0.05, 0) is 34.1 Å². The van der Waals surface area contributed by atoms with Crippen LogP contribution in [0.5, 0.6) is 0 Å². The molecule has 1 aliphatic heterocycles. The zero-order valence-corrected chi connectivity index (χ0v) is 13.0. The number of carbonyl (C=O) groups excluding carboxylic acids is 1. The van der Waals surface area contributed by atoms with Gasteiger partial charge in [-0.25, -0.2) is 0 Å². The number of aliphatic hydroxyl groups is 2. The third-order valence-electron chi connectivity index (χ3n) is 4.09. The van der Waals surface area contributed by atoms with Crippen LogP contribution in [-0.4, -0.2) is 56.1 Å². The Kier molecular flexibility index (Phi) is 5.35. The van der Waals surface area contributed by atoms with E-state index in [2.05, 4.69) is 0 Å². The molecule has 7 heteroatoms. The lowest BCUT2D eigenvalue weighted by Crippen LogP contribution is -2.67. The highest BCUT2D eigenvalue weighted by Crippen LogP contribution is 2.42. The highest BCUT2D eigenvalue weighted by molar-refractivity contribution is 5.76. The molecule has 0 radical (unpaired) electrons. The van der Waals surface area contributed by atoms with Gasteiger partial charge in [0.15, 0.2) is 0 Å². The van der Waals surface area contributed by atoms with Crippen molar-refractivity contribution in [3.8, 4) is 0 Å². The molecule has 122 valence electrons. The molecule has 0 aliphatic carbocycles. The molecule has 0 spiro atoms. The fraction of sp³-hybridized carbons (Fsp3) is 0.857. The van der Waals surface area contributed by atoms with E-state index in [1.807, 2.05) is 13.8 Å². The van der Waals surface area contributed by atoms with E-state index in [4.69, 9.17) is 9.94 Å². The van der Waals surface area contributed by atoms with E-state index in [-0.39, 0.29) is 19.4 Å². The summed E-state index contributed by atoms with van der Waals surface area (Å²) < 4.78 is 0. The van der Waals surface area contributed by atoms with Crippen molar-refractivity contribution in [2.45, 2.75) is 64.1 Å². The van der Waals surface area contributed by atoms with Crippen molar-refractivity contribution < 1.29 is 29.7 Å². The van der Waals surface area contributed by atoms with Crippen molar-refractivity contribution in [1.82, 2.24) is 5.06 Å². The number of aliphatic hydroxyl groups excluding tert-OH is 2. The molecule has 1 heterocycles. The molecule has 1 aliphatic rings. The normalized spacial score (nSPS) is 28.1. The van der Waals surface area contributed by atoms with Crippen LogP contribution in [0.15, 0.2) is 0 Å². The molecular weight excluding hydrogens is 278 g/mol. The number of hydroxylamine groups is 2. The number of piperidine rings is 1. The predicted octanol–water partition coefficient (Wildman–Crippen LogP) is 0.542. The standard InChI is InChI=1S/C14H25NO6/c1-13(2)7-10(17)9(8-16)14(3,4)15(13)21-12(20)6-5-11(18)19/h9-10,16-17H,5-8H2,1-4H3,(H,18,19). The minimum Gasteiger partial charge on any atom is -0.481 e. The molecule has 0 aromatic heterocycles. The Bertz CT molecular complexity index is 406. The topological polar surface area (TPSA) is 107 Å². The summed E-state index contributed by atoms with van der Waals surface area (Å²) >= 11 is 0. The summed E-state index contributed by atoms with van der Waals surface area (Å²) in [6.07, 6.45) is -0.869. The molecule has 0 saturated carbocycles. The maximum Gasteiger partial charge on any atom is 0.325 e. The van der Waals surface area contributed by atoms with E-state index in [0.717, 1.165) is 0 Å². The van der Waals surface area contributed by atoms with Crippen molar-refractivity contribution >= 4 is 11.9 Å². The summed E-state index contributed by atoms with van der Waals surface area (Å²) in [5.74, 6) is -2.16. The lowest BCUT2D eigenvalue weighted by molar-refractivity contribution is -0.294. The van der Waals surface area contributed by atoms with Crippen molar-refractivity contribution in [1.29, 1.82) is 0 Å². The average Bonchev–Trinajstić information content (AvgIpc) is 2.31. The molecule has 1 rings (SSSR count). The van der Waals surface area contributed by atoms with Gasteiger partial charge in [-0.1, -0.05) is 0 Å². The van der Waals surface area contributed by atoms with Gasteiger partial charge in [0, 0.05) is 5.92 Å². The third-order valence-corrected chi connectivity index (χ3v) is 4.09. The first-order valence-corrected chi connectivity index (χ1v) is 7.04. The quantitative estimate of drug-likeness (QED) is 0.680. The van der Waals surface area contributed by atoms with Gasteiger partial charge in [0.25, 0.3) is 0 Å². The minimum atomic E-state index is -1.06. The number of aliphatic carboxylic acids is 1. The van der Waals surface area contributed by atoms with Crippen LogP contribution in [0.2, 0.25) is 0 Å². The van der Waals surface area contributed by atoms with E-state index < -0.39 is 35.0 Å². The Hall–Kier alpha value is -1.18. The molecule has 0 aromatic carbocycles. The number of carbonyl (C=O) groups is 2. The van der Waals surface area contributed by atoms with Gasteiger partial charge in [-0.15, -0.1) is 5.06 Å². The second-order valence-electron chi connectivity index (χ2n) is 6.68. The Labute approximate surface area is 124 Å². The SMILES string of the molecule is CC1(C)CC(O)C(CO)C(C)(C)N1OC(=O)CCC(=O)O. The second kappa shape index (κ2) is 6.29. The number of carboxylic acid groups (broad SMARTS) is 1. The molecule has 7 nitrogen and oxygen atoms in total. The summed E-state index contributed by atoms with van der Waals surface area (Å²) in [4.78, 5) is 27.7. The van der Waals surface area contributed by atoms with Gasteiger partial charge < -0.3 is 20.2 Å². The van der Waals surface area contributed by atoms with E-state index in [1.165, 1.54) is 5.06 Å². The Balaban J connectivity index is 2.90. The molecule has 0 bridgehead atoms. The lowest BCUT2D eigenvalue weighted by Gasteiger charge is -2.55. The smallest absolute Gasteiger partial charge is 0.325 e. The van der Waals surface area contributed by atoms with Crippen LogP contribution in [0.25, 0.3) is 0 Å². The van der Waals surface area contributed by atoms with Gasteiger partial charge in [0.2, 0.25) is 0 Å². The molecular formula is C14H25NO6. The summed E-state index contributed by atoms with van der Waals surface area (Å²) in [7, 11) is 0. The second-order valence-corrected chi connectivity index (χ2v) is 6.68. The number of nitrogens with zero attached hydrogens (tertiary/aromatic N) is 1. The van der Waals surface area contributed by atoms with Gasteiger partial charge in [0.05, 0.1) is 36.6 Å². The molecule has 1 saturated heterocycles. The minimum absolute atomic E-state index is 0.218. The van der Waals surface area contributed by atoms with Crippen LogP contribution in [-0.2, 0) is 14.4 Å². The molecule has 0 amide bonds. The first kappa shape index (κ1) is 17.9. The summed E-state index contributed by atoms with van der Waals surface area (Å²) in [5, 5.41) is 29.7. The Morgan fingerprint density at radius 2 is 1.81 bits per heavy atom. The average molecular weight is 303 g/mol. The number of carboxylic acids is 1. The number of hydrogen-bond acceptors (Lipinski definition) is 6. The third kappa shape index (κ3) is 3.93. The van der Waals surface area contributed by atoms with Gasteiger partial charge >= 0.3 is 11.9 Å². The van der Waals surface area contributed by atoms with Gasteiger partial charge in [-0.3, -0.25) is 9.59 Å². The monoisotopic (exact) mass is 303 g/mol. The molecule has 0 aromatic rings. The summed E-state index contributed by atoms with van der Waals surface area (Å²) in [6, 6.07) is 0. The van der Waals surface area contributed by atoms with Crippen LogP contribution < -0.4 is 0 Å². The molecule has 1 fully saturated rings. The van der Waals surface area contributed by atoms with E-state index in [0.29, 0.717) is 6.42 Å². The Morgan fingerprint density at radius 3 is 2.29 bits per heavy atom. The molecule has 2 atom stereocenters. The van der Waals surface area contributed by atoms with Crippen LogP contribution in [0.4, 0.5) is 0 Å². The van der Waals surface area contributed by atoms with Gasteiger partial charge in [-0.2, -0.15) is 0 Å². The zero-order valence-electron chi connectivity index (χ0n) is 13.0. The van der Waals surface area contributed by atoms with Crippen LogP contribution in [0.1, 0.15) is 47.0 Å². The fourth-order valence-corrected chi connectivity index (χ4v) is 3.08. The summed E-state index contributed by atoms with van der Waals surface area (Å²) in [5.41, 5.74) is -1.39.